The number of hydrogen-bond donors (Lipinski definition) is 1. The maximum atomic E-state index is 12.5. The lowest BCUT2D eigenvalue weighted by atomic mass is 9.78. The van der Waals surface area contributed by atoms with Crippen molar-refractivity contribution in [3.63, 3.8) is 0 Å². The highest BCUT2D eigenvalue weighted by Gasteiger charge is 2.46. The molecule has 0 aromatic heterocycles. The summed E-state index contributed by atoms with van der Waals surface area (Å²) in [4.78, 5) is 24.5. The van der Waals surface area contributed by atoms with Gasteiger partial charge in [-0.1, -0.05) is 61.9 Å². The second kappa shape index (κ2) is 10.5. The predicted octanol–water partition coefficient (Wildman–Crippen LogP) is 4.63. The fraction of sp³-hybridized carbons (Fsp3) is 0.391. The van der Waals surface area contributed by atoms with E-state index in [4.69, 9.17) is 9.47 Å². The normalized spacial score (nSPS) is 12.8. The fourth-order valence-electron chi connectivity index (χ4n) is 3.26. The van der Waals surface area contributed by atoms with Crippen LogP contribution in [-0.4, -0.2) is 23.7 Å². The van der Waals surface area contributed by atoms with Crippen LogP contribution in [0.15, 0.2) is 54.6 Å². The van der Waals surface area contributed by atoms with E-state index in [9.17, 15) is 14.7 Å². The molecule has 0 radical (unpaired) electrons. The molecule has 150 valence electrons. The molecule has 0 fully saturated rings. The molecule has 2 aromatic carbocycles. The van der Waals surface area contributed by atoms with Crippen LogP contribution in [0, 0.1) is 5.41 Å². The number of aliphatic carboxylic acids is 1. The van der Waals surface area contributed by atoms with E-state index in [1.54, 1.807) is 6.92 Å². The highest BCUT2D eigenvalue weighted by molar-refractivity contribution is 5.99. The van der Waals surface area contributed by atoms with Gasteiger partial charge in [-0.25, -0.2) is 0 Å². The first-order valence-electron chi connectivity index (χ1n) is 9.68. The van der Waals surface area contributed by atoms with Gasteiger partial charge in [0.25, 0.3) is 0 Å². The number of carboxylic acid groups (broad SMARTS) is 1. The van der Waals surface area contributed by atoms with Crippen LogP contribution < -0.4 is 4.74 Å². The van der Waals surface area contributed by atoms with Crippen molar-refractivity contribution in [1.82, 2.24) is 0 Å². The number of rotatable bonds is 11. The minimum Gasteiger partial charge on any atom is -0.489 e. The van der Waals surface area contributed by atoms with Gasteiger partial charge < -0.3 is 14.6 Å². The van der Waals surface area contributed by atoms with Gasteiger partial charge in [-0.15, -0.1) is 0 Å². The highest BCUT2D eigenvalue weighted by atomic mass is 16.5. The molecule has 0 amide bonds. The number of ether oxygens (including phenoxy) is 2. The molecule has 1 atom stereocenters. The summed E-state index contributed by atoms with van der Waals surface area (Å²) >= 11 is 0. The van der Waals surface area contributed by atoms with Crippen LogP contribution in [0.2, 0.25) is 0 Å². The van der Waals surface area contributed by atoms with Crippen LogP contribution in [0.25, 0.3) is 0 Å². The lowest BCUT2D eigenvalue weighted by molar-refractivity contribution is -0.169. The summed E-state index contributed by atoms with van der Waals surface area (Å²) in [5.41, 5.74) is 0.399. The van der Waals surface area contributed by atoms with Gasteiger partial charge in [-0.3, -0.25) is 9.59 Å². The maximum absolute atomic E-state index is 12.5. The van der Waals surface area contributed by atoms with Gasteiger partial charge in [0.05, 0.1) is 6.61 Å². The Morgan fingerprint density at radius 2 is 1.64 bits per heavy atom. The Balaban J connectivity index is 2.16. The van der Waals surface area contributed by atoms with Gasteiger partial charge in [-0.05, 0) is 43.4 Å². The Labute approximate surface area is 166 Å². The molecule has 1 unspecified atom stereocenters. The van der Waals surface area contributed by atoms with Gasteiger partial charge in [0, 0.05) is 0 Å². The summed E-state index contributed by atoms with van der Waals surface area (Å²) in [7, 11) is 0. The number of carboxylic acids is 1. The standard InChI is InChI=1S/C23H28O5/c1-3-15-23(21(24)25,22(26)27-4-2)16-14-19-12-8-9-13-20(19)28-17-18-10-6-5-7-11-18/h5-13H,3-4,14-17H2,1-2H3,(H,24,25). The third kappa shape index (κ3) is 5.35. The number of carbonyl (C=O) groups is 2. The van der Waals surface area contributed by atoms with Crippen molar-refractivity contribution < 1.29 is 24.2 Å². The molecule has 0 saturated carbocycles. The Hall–Kier alpha value is -2.82. The maximum Gasteiger partial charge on any atom is 0.323 e. The van der Waals surface area contributed by atoms with E-state index >= 15 is 0 Å². The number of hydrogen-bond acceptors (Lipinski definition) is 4. The minimum absolute atomic E-state index is 0.161. The van der Waals surface area contributed by atoms with E-state index in [2.05, 4.69) is 0 Å². The molecule has 0 spiro atoms. The molecule has 5 nitrogen and oxygen atoms in total. The molecule has 5 heteroatoms. The summed E-state index contributed by atoms with van der Waals surface area (Å²) in [6.45, 7) is 4.14. The van der Waals surface area contributed by atoms with E-state index in [-0.39, 0.29) is 19.4 Å². The van der Waals surface area contributed by atoms with Crippen molar-refractivity contribution in [3.8, 4) is 5.75 Å². The molecule has 0 saturated heterocycles. The Morgan fingerprint density at radius 1 is 0.964 bits per heavy atom. The zero-order chi connectivity index (χ0) is 20.4. The van der Waals surface area contributed by atoms with Gasteiger partial charge in [0.2, 0.25) is 0 Å². The topological polar surface area (TPSA) is 72.8 Å². The molecular formula is C23H28O5. The number of para-hydroxylation sites is 1. The minimum atomic E-state index is -1.53. The molecule has 2 rings (SSSR count). The SMILES string of the molecule is CCCC(CCc1ccccc1OCc1ccccc1)(C(=O)O)C(=O)OCC. The van der Waals surface area contributed by atoms with E-state index < -0.39 is 17.4 Å². The smallest absolute Gasteiger partial charge is 0.323 e. The van der Waals surface area contributed by atoms with Crippen molar-refractivity contribution >= 4 is 11.9 Å². The molecule has 2 aromatic rings. The summed E-state index contributed by atoms with van der Waals surface area (Å²) in [5, 5.41) is 9.82. The number of benzene rings is 2. The van der Waals surface area contributed by atoms with Crippen LogP contribution >= 0.6 is 0 Å². The van der Waals surface area contributed by atoms with Crippen LogP contribution in [0.3, 0.4) is 0 Å². The van der Waals surface area contributed by atoms with Gasteiger partial charge in [0.1, 0.15) is 12.4 Å². The summed E-state index contributed by atoms with van der Waals surface area (Å²) in [6, 6.07) is 17.4. The molecule has 28 heavy (non-hydrogen) atoms. The average Bonchev–Trinajstić information content (AvgIpc) is 2.71. The van der Waals surface area contributed by atoms with E-state index in [0.29, 0.717) is 25.2 Å². The fourth-order valence-corrected chi connectivity index (χ4v) is 3.26. The Bertz CT molecular complexity index is 772. The molecule has 0 heterocycles. The van der Waals surface area contributed by atoms with Crippen LogP contribution in [-0.2, 0) is 27.4 Å². The first-order valence-corrected chi connectivity index (χ1v) is 9.68. The van der Waals surface area contributed by atoms with Crippen LogP contribution in [0.1, 0.15) is 44.2 Å². The highest BCUT2D eigenvalue weighted by Crippen LogP contribution is 2.34. The lowest BCUT2D eigenvalue weighted by Gasteiger charge is -2.27. The van der Waals surface area contributed by atoms with Gasteiger partial charge >= 0.3 is 11.9 Å². The largest absolute Gasteiger partial charge is 0.489 e. The van der Waals surface area contributed by atoms with Crippen molar-refractivity contribution in [3.05, 3.63) is 65.7 Å². The first-order chi connectivity index (χ1) is 13.5. The van der Waals surface area contributed by atoms with Crippen molar-refractivity contribution in [2.24, 2.45) is 5.41 Å². The van der Waals surface area contributed by atoms with E-state index in [1.807, 2.05) is 61.5 Å². The van der Waals surface area contributed by atoms with Gasteiger partial charge in [0.15, 0.2) is 5.41 Å². The Kier molecular flexibility index (Phi) is 8.05. The predicted molar refractivity (Wildman–Crippen MR) is 107 cm³/mol. The third-order valence-electron chi connectivity index (χ3n) is 4.78. The number of esters is 1. The van der Waals surface area contributed by atoms with Crippen molar-refractivity contribution in [1.29, 1.82) is 0 Å². The van der Waals surface area contributed by atoms with E-state index in [0.717, 1.165) is 11.1 Å². The molecule has 1 N–H and O–H groups in total. The van der Waals surface area contributed by atoms with Crippen LogP contribution in [0.4, 0.5) is 0 Å². The van der Waals surface area contributed by atoms with Crippen molar-refractivity contribution in [2.45, 2.75) is 46.1 Å². The second-order valence-electron chi connectivity index (χ2n) is 6.74. The third-order valence-corrected chi connectivity index (χ3v) is 4.78. The lowest BCUT2D eigenvalue weighted by Crippen LogP contribution is -2.41. The van der Waals surface area contributed by atoms with Crippen LogP contribution in [0.5, 0.6) is 5.75 Å². The molecule has 0 bridgehead atoms. The Morgan fingerprint density at radius 3 is 2.29 bits per heavy atom. The molecule has 0 aliphatic carbocycles. The zero-order valence-electron chi connectivity index (χ0n) is 16.5. The second-order valence-corrected chi connectivity index (χ2v) is 6.74. The summed E-state index contributed by atoms with van der Waals surface area (Å²) < 4.78 is 11.0. The zero-order valence-corrected chi connectivity index (χ0v) is 16.5. The summed E-state index contributed by atoms with van der Waals surface area (Å²) in [5.74, 6) is -1.09. The number of carbonyl (C=O) groups excluding carboxylic acids is 1. The monoisotopic (exact) mass is 384 g/mol. The molecular weight excluding hydrogens is 356 g/mol. The number of aryl methyl sites for hydroxylation is 1. The molecule has 0 aliphatic rings. The summed E-state index contributed by atoms with van der Waals surface area (Å²) in [6.07, 6.45) is 1.41. The quantitative estimate of drug-likeness (QED) is 0.452. The average molecular weight is 384 g/mol. The van der Waals surface area contributed by atoms with Crippen molar-refractivity contribution in [2.75, 3.05) is 6.61 Å². The molecule has 0 aliphatic heterocycles. The van der Waals surface area contributed by atoms with Gasteiger partial charge in [-0.2, -0.15) is 0 Å². The first kappa shape index (κ1) is 21.5. The van der Waals surface area contributed by atoms with E-state index in [1.165, 1.54) is 0 Å².